The van der Waals surface area contributed by atoms with Crippen molar-refractivity contribution in [2.45, 2.75) is 13.1 Å². The van der Waals surface area contributed by atoms with E-state index in [0.717, 1.165) is 36.1 Å². The molecule has 2 aromatic carbocycles. The van der Waals surface area contributed by atoms with Crippen LogP contribution < -0.4 is 25.0 Å². The monoisotopic (exact) mass is 380 g/mol. The van der Waals surface area contributed by atoms with Gasteiger partial charge >= 0.3 is 0 Å². The van der Waals surface area contributed by atoms with Crippen LogP contribution in [0, 0.1) is 0 Å². The van der Waals surface area contributed by atoms with E-state index in [4.69, 9.17) is 9.47 Å². The maximum Gasteiger partial charge on any atom is 0.191 e. The largest absolute Gasteiger partial charge is 0.497 e. The van der Waals surface area contributed by atoms with E-state index in [1.165, 1.54) is 11.3 Å². The Balaban J connectivity index is 1.56. The minimum Gasteiger partial charge on any atom is -0.497 e. The van der Waals surface area contributed by atoms with Crippen LogP contribution in [0.2, 0.25) is 0 Å². The Morgan fingerprint density at radius 1 is 1.00 bits per heavy atom. The lowest BCUT2D eigenvalue weighted by molar-refractivity contribution is 0.390. The summed E-state index contributed by atoms with van der Waals surface area (Å²) in [5.74, 6) is 2.30. The molecule has 2 N–H and O–H groups in total. The van der Waals surface area contributed by atoms with Gasteiger partial charge in [-0.3, -0.25) is 4.99 Å². The minimum atomic E-state index is 0.603. The number of hydrogen-bond donors (Lipinski definition) is 2. The van der Waals surface area contributed by atoms with Gasteiger partial charge < -0.3 is 25.0 Å². The molecule has 28 heavy (non-hydrogen) atoms. The van der Waals surface area contributed by atoms with Crippen molar-refractivity contribution in [3.63, 3.8) is 0 Å². The lowest BCUT2D eigenvalue weighted by Crippen LogP contribution is -2.36. The molecule has 0 radical (unpaired) electrons. The highest BCUT2D eigenvalue weighted by atomic mass is 16.5. The summed E-state index contributed by atoms with van der Waals surface area (Å²) in [5.41, 5.74) is 3.50. The maximum absolute atomic E-state index is 5.45. The van der Waals surface area contributed by atoms with Gasteiger partial charge in [-0.1, -0.05) is 24.3 Å². The number of hydrogen-bond acceptors (Lipinski definition) is 4. The summed E-state index contributed by atoms with van der Waals surface area (Å²) in [6.45, 7) is 3.26. The summed E-state index contributed by atoms with van der Waals surface area (Å²) < 4.78 is 10.7. The number of anilines is 1. The zero-order chi connectivity index (χ0) is 19.8. The van der Waals surface area contributed by atoms with Crippen LogP contribution in [0.4, 0.5) is 5.69 Å². The van der Waals surface area contributed by atoms with Crippen molar-refractivity contribution in [2.75, 3.05) is 39.3 Å². The molecule has 1 aliphatic heterocycles. The molecule has 0 aromatic heterocycles. The van der Waals surface area contributed by atoms with Crippen LogP contribution in [0.15, 0.2) is 59.6 Å². The number of rotatable bonds is 7. The second kappa shape index (κ2) is 9.69. The lowest BCUT2D eigenvalue weighted by atomic mass is 10.2. The predicted molar refractivity (Wildman–Crippen MR) is 114 cm³/mol. The molecular formula is C22H28N4O2. The van der Waals surface area contributed by atoms with Gasteiger partial charge in [0, 0.05) is 50.5 Å². The Bertz CT molecular complexity index is 840. The molecule has 0 amide bonds. The molecular weight excluding hydrogens is 352 g/mol. The molecule has 2 aromatic rings. The highest BCUT2D eigenvalue weighted by Crippen LogP contribution is 2.24. The summed E-state index contributed by atoms with van der Waals surface area (Å²) in [6, 6.07) is 14.4. The van der Waals surface area contributed by atoms with Gasteiger partial charge in [0.15, 0.2) is 5.96 Å². The molecule has 0 saturated heterocycles. The van der Waals surface area contributed by atoms with Crippen LogP contribution in [0.5, 0.6) is 11.5 Å². The van der Waals surface area contributed by atoms with E-state index >= 15 is 0 Å². The lowest BCUT2D eigenvalue weighted by Gasteiger charge is -2.19. The van der Waals surface area contributed by atoms with Gasteiger partial charge in [-0.15, -0.1) is 0 Å². The van der Waals surface area contributed by atoms with Crippen LogP contribution >= 0.6 is 0 Å². The Morgan fingerprint density at radius 2 is 1.79 bits per heavy atom. The van der Waals surface area contributed by atoms with Crippen molar-refractivity contribution in [1.29, 1.82) is 0 Å². The normalized spacial score (nSPS) is 13.5. The van der Waals surface area contributed by atoms with E-state index in [0.29, 0.717) is 13.1 Å². The van der Waals surface area contributed by atoms with Gasteiger partial charge in [-0.05, 0) is 29.8 Å². The van der Waals surface area contributed by atoms with Crippen molar-refractivity contribution in [2.24, 2.45) is 4.99 Å². The van der Waals surface area contributed by atoms with Gasteiger partial charge in [0.2, 0.25) is 0 Å². The van der Waals surface area contributed by atoms with Crippen LogP contribution in [0.25, 0.3) is 0 Å². The minimum absolute atomic E-state index is 0.603. The van der Waals surface area contributed by atoms with E-state index in [1.807, 2.05) is 18.2 Å². The van der Waals surface area contributed by atoms with Crippen molar-refractivity contribution in [3.05, 3.63) is 65.7 Å². The Morgan fingerprint density at radius 3 is 2.50 bits per heavy atom. The first-order chi connectivity index (χ1) is 13.7. The fraction of sp³-hybridized carbons (Fsp3) is 0.318. The molecule has 0 unspecified atom stereocenters. The number of nitrogens with zero attached hydrogens (tertiary/aromatic N) is 2. The van der Waals surface area contributed by atoms with Gasteiger partial charge in [0.1, 0.15) is 11.5 Å². The molecule has 6 nitrogen and oxygen atoms in total. The molecule has 0 fully saturated rings. The highest BCUT2D eigenvalue weighted by molar-refractivity contribution is 5.79. The second-order valence-electron chi connectivity index (χ2n) is 6.50. The molecule has 1 aliphatic rings. The van der Waals surface area contributed by atoms with E-state index < -0.39 is 0 Å². The first-order valence-electron chi connectivity index (χ1n) is 9.38. The fourth-order valence-corrected chi connectivity index (χ4v) is 3.14. The topological polar surface area (TPSA) is 58.1 Å². The molecule has 148 valence electrons. The van der Waals surface area contributed by atoms with E-state index in [9.17, 15) is 0 Å². The Kier molecular flexibility index (Phi) is 6.78. The Labute approximate surface area is 166 Å². The van der Waals surface area contributed by atoms with Crippen LogP contribution in [-0.4, -0.2) is 40.3 Å². The van der Waals surface area contributed by atoms with Crippen molar-refractivity contribution >= 4 is 11.6 Å². The fourth-order valence-electron chi connectivity index (χ4n) is 3.14. The molecule has 6 heteroatoms. The number of methoxy groups -OCH3 is 2. The van der Waals surface area contributed by atoms with E-state index in [1.54, 1.807) is 21.3 Å². The number of benzene rings is 2. The van der Waals surface area contributed by atoms with Crippen LogP contribution in [-0.2, 0) is 13.1 Å². The molecule has 0 atom stereocenters. The average molecular weight is 380 g/mol. The number of guanidine groups is 1. The number of nitrogens with one attached hydrogen (secondary N) is 2. The van der Waals surface area contributed by atoms with Crippen LogP contribution in [0.1, 0.15) is 11.1 Å². The smallest absolute Gasteiger partial charge is 0.191 e. The zero-order valence-corrected chi connectivity index (χ0v) is 16.7. The maximum atomic E-state index is 5.45. The third-order valence-electron chi connectivity index (χ3n) is 4.72. The molecule has 3 rings (SSSR count). The SMILES string of the molecule is CN=C(NCc1cccc(N2CC=CC2)c1)NCc1ccc(OC)cc1OC. The van der Waals surface area contributed by atoms with Gasteiger partial charge in [0.25, 0.3) is 0 Å². The quantitative estimate of drug-likeness (QED) is 0.439. The van der Waals surface area contributed by atoms with Crippen molar-refractivity contribution in [3.8, 4) is 11.5 Å². The predicted octanol–water partition coefficient (Wildman–Crippen LogP) is 2.95. The molecule has 0 spiro atoms. The number of aliphatic imine (C=N–C) groups is 1. The Hall–Kier alpha value is -3.15. The van der Waals surface area contributed by atoms with Gasteiger partial charge in [-0.25, -0.2) is 0 Å². The number of ether oxygens (including phenoxy) is 2. The van der Waals surface area contributed by atoms with Gasteiger partial charge in [-0.2, -0.15) is 0 Å². The molecule has 0 aliphatic carbocycles. The summed E-state index contributed by atoms with van der Waals surface area (Å²) in [6.07, 6.45) is 4.40. The first kappa shape index (κ1) is 19.6. The summed E-state index contributed by atoms with van der Waals surface area (Å²) in [5, 5.41) is 6.71. The molecule has 1 heterocycles. The van der Waals surface area contributed by atoms with Gasteiger partial charge in [0.05, 0.1) is 14.2 Å². The van der Waals surface area contributed by atoms with E-state index in [2.05, 4.69) is 56.9 Å². The van der Waals surface area contributed by atoms with Crippen LogP contribution in [0.3, 0.4) is 0 Å². The van der Waals surface area contributed by atoms with Crippen molar-refractivity contribution in [1.82, 2.24) is 10.6 Å². The zero-order valence-electron chi connectivity index (χ0n) is 16.7. The summed E-state index contributed by atoms with van der Waals surface area (Å²) in [7, 11) is 5.08. The highest BCUT2D eigenvalue weighted by Gasteiger charge is 2.09. The van der Waals surface area contributed by atoms with Crippen molar-refractivity contribution < 1.29 is 9.47 Å². The first-order valence-corrected chi connectivity index (χ1v) is 9.38. The standard InChI is InChI=1S/C22H28N4O2/c1-23-22(25-16-18-9-10-20(27-2)14-21(18)28-3)24-15-17-7-6-8-19(13-17)26-11-4-5-12-26/h4-10,13-14H,11-12,15-16H2,1-3H3,(H2,23,24,25). The molecule has 0 bridgehead atoms. The summed E-state index contributed by atoms with van der Waals surface area (Å²) in [4.78, 5) is 6.66. The molecule has 0 saturated carbocycles. The average Bonchev–Trinajstić information content (AvgIpc) is 3.29. The van der Waals surface area contributed by atoms with E-state index in [-0.39, 0.29) is 0 Å². The second-order valence-corrected chi connectivity index (χ2v) is 6.50. The summed E-state index contributed by atoms with van der Waals surface area (Å²) >= 11 is 0. The third kappa shape index (κ3) is 4.97. The third-order valence-corrected chi connectivity index (χ3v) is 4.72.